The Labute approximate surface area is 210 Å². The second-order valence-electron chi connectivity index (χ2n) is 8.29. The van der Waals surface area contributed by atoms with Crippen LogP contribution in [0.2, 0.25) is 0 Å². The zero-order chi connectivity index (χ0) is 26.6. The van der Waals surface area contributed by atoms with Gasteiger partial charge in [0.05, 0.1) is 28.2 Å². The maximum atomic E-state index is 13.8. The molecule has 0 atom stereocenters. The van der Waals surface area contributed by atoms with Crippen molar-refractivity contribution in [2.24, 2.45) is 0 Å². The highest BCUT2D eigenvalue weighted by Crippen LogP contribution is 2.34. The van der Waals surface area contributed by atoms with Gasteiger partial charge in [-0.3, -0.25) is 14.7 Å². The first-order chi connectivity index (χ1) is 17.5. The van der Waals surface area contributed by atoms with Crippen molar-refractivity contribution in [1.82, 2.24) is 19.9 Å². The summed E-state index contributed by atoms with van der Waals surface area (Å²) in [6, 6.07) is 4.99. The number of nitrogens with one attached hydrogen (secondary N) is 1. The number of aromatic nitrogens is 3. The molecule has 1 aliphatic rings. The molecule has 3 aromatic rings. The average molecular weight is 531 g/mol. The fraction of sp³-hybridized carbons (Fsp3) is 0.250. The van der Waals surface area contributed by atoms with Crippen LogP contribution in [0.1, 0.15) is 32.6 Å². The summed E-state index contributed by atoms with van der Waals surface area (Å²) in [4.78, 5) is 26.0. The van der Waals surface area contributed by atoms with E-state index in [9.17, 15) is 26.4 Å². The van der Waals surface area contributed by atoms with Crippen molar-refractivity contribution in [1.29, 1.82) is 0 Å². The first-order valence-corrected chi connectivity index (χ1v) is 12.8. The summed E-state index contributed by atoms with van der Waals surface area (Å²) in [6.07, 6.45) is 0.921. The second-order valence-corrected chi connectivity index (χ2v) is 10.6. The van der Waals surface area contributed by atoms with E-state index < -0.39 is 27.5 Å². The van der Waals surface area contributed by atoms with Crippen LogP contribution in [0.5, 0.6) is 0 Å². The highest BCUT2D eigenvalue weighted by molar-refractivity contribution is 7.91. The number of anilines is 2. The molecule has 192 valence electrons. The standard InChI is InChI=1S/C24H21F3N6O3S/c25-24(26,27)21-10-20(4-3-18(21)15-33-5-7-37(35,36)8-6-33)32-22(34)19-9-16(11-29-14-19)1-2-17-12-30-23(28)31-13-17/h3-4,9-14H,5-8,15H2,(H,32,34)(H2,28,30,31). The molecule has 1 saturated heterocycles. The minimum Gasteiger partial charge on any atom is -0.368 e. The molecule has 1 amide bonds. The van der Waals surface area contributed by atoms with Crippen LogP contribution in [0.15, 0.2) is 49.1 Å². The lowest BCUT2D eigenvalue weighted by atomic mass is 10.0. The molecular formula is C24H21F3N6O3S. The predicted octanol–water partition coefficient (Wildman–Crippen LogP) is 2.36. The van der Waals surface area contributed by atoms with Crippen molar-refractivity contribution in [2.75, 3.05) is 35.6 Å². The molecule has 2 aromatic heterocycles. The van der Waals surface area contributed by atoms with Crippen LogP contribution in [0.25, 0.3) is 0 Å². The van der Waals surface area contributed by atoms with Crippen molar-refractivity contribution in [3.05, 3.63) is 76.9 Å². The van der Waals surface area contributed by atoms with Crippen LogP contribution in [-0.2, 0) is 22.6 Å². The molecule has 3 N–H and O–H groups in total. The summed E-state index contributed by atoms with van der Waals surface area (Å²) in [5.74, 6) is 4.89. The lowest BCUT2D eigenvalue weighted by Crippen LogP contribution is -2.40. The Morgan fingerprint density at radius 3 is 2.38 bits per heavy atom. The number of nitrogen functional groups attached to an aromatic ring is 1. The third kappa shape index (κ3) is 7.02. The molecule has 1 aliphatic heterocycles. The van der Waals surface area contributed by atoms with Crippen LogP contribution in [0, 0.1) is 11.8 Å². The molecule has 37 heavy (non-hydrogen) atoms. The molecule has 0 unspecified atom stereocenters. The number of benzene rings is 1. The van der Waals surface area contributed by atoms with E-state index in [-0.39, 0.29) is 53.9 Å². The van der Waals surface area contributed by atoms with Gasteiger partial charge in [-0.1, -0.05) is 17.9 Å². The quantitative estimate of drug-likeness (QED) is 0.492. The number of hydrogen-bond donors (Lipinski definition) is 2. The summed E-state index contributed by atoms with van der Waals surface area (Å²) in [5.41, 5.74) is 5.49. The number of rotatable bonds is 4. The van der Waals surface area contributed by atoms with Gasteiger partial charge < -0.3 is 11.1 Å². The minimum absolute atomic E-state index is 0.00427. The number of nitrogens with two attached hydrogens (primary N) is 1. The Hall–Kier alpha value is -4.02. The van der Waals surface area contributed by atoms with Gasteiger partial charge >= 0.3 is 6.18 Å². The number of nitrogens with zero attached hydrogens (tertiary/aromatic N) is 4. The number of pyridine rings is 1. The maximum absolute atomic E-state index is 13.8. The Kier molecular flexibility index (Phi) is 7.42. The van der Waals surface area contributed by atoms with Gasteiger partial charge in [0.25, 0.3) is 5.91 Å². The number of carbonyl (C=O) groups excluding carboxylic acids is 1. The van der Waals surface area contributed by atoms with E-state index in [0.29, 0.717) is 11.1 Å². The monoisotopic (exact) mass is 530 g/mol. The van der Waals surface area contributed by atoms with Gasteiger partial charge in [0, 0.05) is 55.7 Å². The molecular weight excluding hydrogens is 509 g/mol. The third-order valence-electron chi connectivity index (χ3n) is 5.53. The van der Waals surface area contributed by atoms with Gasteiger partial charge in [0.1, 0.15) is 0 Å². The summed E-state index contributed by atoms with van der Waals surface area (Å²) in [6.45, 7) is 0.272. The van der Waals surface area contributed by atoms with Gasteiger partial charge in [0.15, 0.2) is 9.84 Å². The van der Waals surface area contributed by atoms with E-state index in [1.807, 2.05) is 0 Å². The van der Waals surface area contributed by atoms with Crippen molar-refractivity contribution in [2.45, 2.75) is 12.7 Å². The largest absolute Gasteiger partial charge is 0.416 e. The Balaban J connectivity index is 1.49. The summed E-state index contributed by atoms with van der Waals surface area (Å²) in [7, 11) is -3.15. The number of halogens is 3. The Bertz CT molecular complexity index is 1470. The van der Waals surface area contributed by atoms with E-state index in [1.165, 1.54) is 43.0 Å². The van der Waals surface area contributed by atoms with Crippen molar-refractivity contribution < 1.29 is 26.4 Å². The minimum atomic E-state index is -4.67. The molecule has 0 radical (unpaired) electrons. The molecule has 0 aliphatic carbocycles. The molecule has 13 heteroatoms. The van der Waals surface area contributed by atoms with Gasteiger partial charge in [-0.2, -0.15) is 13.2 Å². The van der Waals surface area contributed by atoms with E-state index in [1.54, 1.807) is 4.90 Å². The highest BCUT2D eigenvalue weighted by atomic mass is 32.2. The number of alkyl halides is 3. The summed E-state index contributed by atoms with van der Waals surface area (Å²) < 4.78 is 64.6. The maximum Gasteiger partial charge on any atom is 0.416 e. The molecule has 1 fully saturated rings. The molecule has 0 bridgehead atoms. The lowest BCUT2D eigenvalue weighted by molar-refractivity contribution is -0.138. The normalized spacial score (nSPS) is 15.4. The zero-order valence-corrected chi connectivity index (χ0v) is 20.1. The van der Waals surface area contributed by atoms with Crippen molar-refractivity contribution in [3.63, 3.8) is 0 Å². The van der Waals surface area contributed by atoms with Gasteiger partial charge in [-0.25, -0.2) is 18.4 Å². The summed E-state index contributed by atoms with van der Waals surface area (Å²) >= 11 is 0. The first-order valence-electron chi connectivity index (χ1n) is 11.0. The van der Waals surface area contributed by atoms with Crippen LogP contribution >= 0.6 is 0 Å². The fourth-order valence-electron chi connectivity index (χ4n) is 3.59. The predicted molar refractivity (Wildman–Crippen MR) is 130 cm³/mol. The number of hydrogen-bond acceptors (Lipinski definition) is 8. The van der Waals surface area contributed by atoms with Gasteiger partial charge in [0.2, 0.25) is 5.95 Å². The highest BCUT2D eigenvalue weighted by Gasteiger charge is 2.34. The molecule has 1 aromatic carbocycles. The first kappa shape index (κ1) is 26.1. The number of sulfone groups is 1. The molecule has 3 heterocycles. The molecule has 4 rings (SSSR count). The van der Waals surface area contributed by atoms with Crippen LogP contribution in [0.4, 0.5) is 24.8 Å². The number of carbonyl (C=O) groups is 1. The second kappa shape index (κ2) is 10.5. The van der Waals surface area contributed by atoms with Crippen molar-refractivity contribution in [3.8, 4) is 11.8 Å². The Morgan fingerprint density at radius 1 is 1.03 bits per heavy atom. The van der Waals surface area contributed by atoms with Gasteiger partial charge in [-0.15, -0.1) is 0 Å². The molecule has 0 saturated carbocycles. The molecule has 0 spiro atoms. The molecule has 9 nitrogen and oxygen atoms in total. The van der Waals surface area contributed by atoms with E-state index in [0.717, 1.165) is 6.07 Å². The van der Waals surface area contributed by atoms with Crippen LogP contribution in [0.3, 0.4) is 0 Å². The summed E-state index contributed by atoms with van der Waals surface area (Å²) in [5, 5.41) is 2.47. The van der Waals surface area contributed by atoms with E-state index in [2.05, 4.69) is 32.1 Å². The van der Waals surface area contributed by atoms with E-state index >= 15 is 0 Å². The smallest absolute Gasteiger partial charge is 0.368 e. The SMILES string of the molecule is Nc1ncc(C#Cc2cncc(C(=O)Nc3ccc(CN4CCS(=O)(=O)CC4)c(C(F)(F)F)c3)c2)cn1. The Morgan fingerprint density at radius 2 is 1.70 bits per heavy atom. The zero-order valence-electron chi connectivity index (χ0n) is 19.3. The van der Waals surface area contributed by atoms with Crippen molar-refractivity contribution >= 4 is 27.4 Å². The topological polar surface area (TPSA) is 131 Å². The third-order valence-corrected chi connectivity index (χ3v) is 7.14. The lowest BCUT2D eigenvalue weighted by Gasteiger charge is -2.27. The average Bonchev–Trinajstić information content (AvgIpc) is 2.85. The van der Waals surface area contributed by atoms with Gasteiger partial charge in [-0.05, 0) is 23.8 Å². The van der Waals surface area contributed by atoms with Crippen LogP contribution < -0.4 is 11.1 Å². The van der Waals surface area contributed by atoms with E-state index in [4.69, 9.17) is 5.73 Å². The fourth-order valence-corrected chi connectivity index (χ4v) is 4.86. The van der Waals surface area contributed by atoms with Crippen LogP contribution in [-0.4, -0.2) is 58.8 Å². The number of amides is 1.